The van der Waals surface area contributed by atoms with E-state index in [9.17, 15) is 9.59 Å². The number of nitrogens with zero attached hydrogens (tertiary/aromatic N) is 2. The summed E-state index contributed by atoms with van der Waals surface area (Å²) in [5, 5.41) is 9.19. The second-order valence-corrected chi connectivity index (χ2v) is 10.0. The van der Waals surface area contributed by atoms with Gasteiger partial charge in [-0.2, -0.15) is 5.10 Å². The van der Waals surface area contributed by atoms with Crippen LogP contribution in [0, 0.1) is 5.92 Å². The summed E-state index contributed by atoms with van der Waals surface area (Å²) in [6.07, 6.45) is 8.61. The van der Waals surface area contributed by atoms with Gasteiger partial charge in [-0.05, 0) is 61.8 Å². The fourth-order valence-electron chi connectivity index (χ4n) is 5.29. The monoisotopic (exact) mass is 525 g/mol. The van der Waals surface area contributed by atoms with Gasteiger partial charge in [0.15, 0.2) is 11.5 Å². The fraction of sp³-hybridized carbons (Fsp3) is 0.344. The molecule has 0 radical (unpaired) electrons. The highest BCUT2D eigenvalue weighted by Crippen LogP contribution is 2.47. The first kappa shape index (κ1) is 26.5. The number of esters is 1. The molecule has 0 fully saturated rings. The molecule has 1 aliphatic carbocycles. The summed E-state index contributed by atoms with van der Waals surface area (Å²) in [6, 6.07) is 16.1. The Kier molecular flexibility index (Phi) is 7.96. The number of carbonyl (C=O) groups is 2. The molecule has 7 heteroatoms. The van der Waals surface area contributed by atoms with Crippen molar-refractivity contribution in [1.82, 2.24) is 10.3 Å². The van der Waals surface area contributed by atoms with Crippen molar-refractivity contribution < 1.29 is 19.1 Å². The molecule has 0 aromatic heterocycles. The second-order valence-electron chi connectivity index (χ2n) is 10.0. The number of amides is 1. The van der Waals surface area contributed by atoms with Gasteiger partial charge in [0, 0.05) is 23.3 Å². The summed E-state index contributed by atoms with van der Waals surface area (Å²) in [4.78, 5) is 25.8. The quantitative estimate of drug-likeness (QED) is 0.435. The van der Waals surface area contributed by atoms with Gasteiger partial charge in [-0.1, -0.05) is 61.5 Å². The van der Waals surface area contributed by atoms with Crippen LogP contribution < -0.4 is 5.32 Å². The first-order valence-electron chi connectivity index (χ1n) is 13.7. The van der Waals surface area contributed by atoms with Crippen molar-refractivity contribution in [2.75, 3.05) is 13.2 Å². The van der Waals surface area contributed by atoms with Crippen LogP contribution in [0.2, 0.25) is 0 Å². The Labute approximate surface area is 229 Å². The van der Waals surface area contributed by atoms with Crippen LogP contribution in [0.15, 0.2) is 71.0 Å². The van der Waals surface area contributed by atoms with Crippen LogP contribution in [-0.4, -0.2) is 36.3 Å². The first-order chi connectivity index (χ1) is 19.0. The van der Waals surface area contributed by atoms with E-state index in [0.717, 1.165) is 52.8 Å². The molecule has 0 saturated heterocycles. The number of benzene rings is 2. The molecule has 1 N–H and O–H groups in total. The van der Waals surface area contributed by atoms with Gasteiger partial charge in [-0.15, -0.1) is 0 Å². The van der Waals surface area contributed by atoms with Gasteiger partial charge in [-0.25, -0.2) is 5.01 Å². The number of nitrogens with one attached hydrogen (secondary N) is 1. The molecule has 0 spiro atoms. The summed E-state index contributed by atoms with van der Waals surface area (Å²) in [5.41, 5.74) is 7.62. The molecule has 2 aromatic rings. The van der Waals surface area contributed by atoms with Crippen LogP contribution in [0.4, 0.5) is 0 Å². The van der Waals surface area contributed by atoms with E-state index in [0.29, 0.717) is 5.76 Å². The zero-order valence-electron chi connectivity index (χ0n) is 22.8. The van der Waals surface area contributed by atoms with E-state index in [2.05, 4.69) is 31.3 Å². The third-order valence-electron chi connectivity index (χ3n) is 7.42. The van der Waals surface area contributed by atoms with Crippen molar-refractivity contribution in [1.29, 1.82) is 0 Å². The Hall–Kier alpha value is -4.13. The predicted molar refractivity (Wildman–Crippen MR) is 153 cm³/mol. The molecule has 1 atom stereocenters. The fourth-order valence-corrected chi connectivity index (χ4v) is 5.29. The normalized spacial score (nSPS) is 18.3. The van der Waals surface area contributed by atoms with E-state index < -0.39 is 11.9 Å². The van der Waals surface area contributed by atoms with Gasteiger partial charge in [-0.3, -0.25) is 9.59 Å². The molecule has 2 heterocycles. The van der Waals surface area contributed by atoms with Crippen molar-refractivity contribution in [2.24, 2.45) is 11.0 Å². The highest BCUT2D eigenvalue weighted by Gasteiger charge is 2.39. The Morgan fingerprint density at radius 1 is 1.08 bits per heavy atom. The van der Waals surface area contributed by atoms with Crippen molar-refractivity contribution >= 4 is 35.1 Å². The molecule has 2 aromatic carbocycles. The number of hydrogen-bond donors (Lipinski definition) is 1. The molecule has 7 nitrogen and oxygen atoms in total. The van der Waals surface area contributed by atoms with Crippen molar-refractivity contribution in [2.45, 2.75) is 53.1 Å². The van der Waals surface area contributed by atoms with Crippen molar-refractivity contribution in [3.8, 4) is 0 Å². The molecule has 1 unspecified atom stereocenters. The van der Waals surface area contributed by atoms with Gasteiger partial charge < -0.3 is 14.8 Å². The lowest BCUT2D eigenvalue weighted by molar-refractivity contribution is -0.143. The number of hydrazone groups is 1. The molecule has 0 bridgehead atoms. The maximum absolute atomic E-state index is 13.8. The lowest BCUT2D eigenvalue weighted by atomic mass is 9.82. The molecule has 202 valence electrons. The summed E-state index contributed by atoms with van der Waals surface area (Å²) in [6.45, 7) is 6.22. The van der Waals surface area contributed by atoms with E-state index in [-0.39, 0.29) is 31.4 Å². The molecular formula is C32H35N3O4. The van der Waals surface area contributed by atoms with Crippen LogP contribution >= 0.6 is 0 Å². The second kappa shape index (κ2) is 11.7. The third kappa shape index (κ3) is 5.39. The summed E-state index contributed by atoms with van der Waals surface area (Å²) in [5.74, 6) is -0.399. The Balaban J connectivity index is 1.68. The first-order valence-corrected chi connectivity index (χ1v) is 13.7. The van der Waals surface area contributed by atoms with Gasteiger partial charge in [0.05, 0.1) is 12.3 Å². The van der Waals surface area contributed by atoms with Crippen LogP contribution in [0.1, 0.15) is 68.7 Å². The maximum atomic E-state index is 13.8. The molecule has 39 heavy (non-hydrogen) atoms. The molecule has 1 amide bonds. The molecule has 5 rings (SSSR count). The molecular weight excluding hydrogens is 490 g/mol. The Bertz CT molecular complexity index is 1390. The lowest BCUT2D eigenvalue weighted by Crippen LogP contribution is -2.40. The minimum absolute atomic E-state index is 0.105. The minimum atomic E-state index is -0.497. The summed E-state index contributed by atoms with van der Waals surface area (Å²) in [7, 11) is 0. The maximum Gasteiger partial charge on any atom is 0.325 e. The number of fused-ring (bicyclic) bond motifs is 3. The smallest absolute Gasteiger partial charge is 0.325 e. The van der Waals surface area contributed by atoms with E-state index >= 15 is 0 Å². The van der Waals surface area contributed by atoms with Gasteiger partial charge in [0.1, 0.15) is 13.2 Å². The van der Waals surface area contributed by atoms with Crippen LogP contribution in [0.5, 0.6) is 0 Å². The zero-order chi connectivity index (χ0) is 27.4. The zero-order valence-corrected chi connectivity index (χ0v) is 22.8. The minimum Gasteiger partial charge on any atom is -0.486 e. The molecule has 2 aliphatic heterocycles. The topological polar surface area (TPSA) is 80.2 Å². The molecule has 3 aliphatic rings. The number of ether oxygens (including phenoxy) is 2. The SMILES string of the molecule is CCOC(=O)CNC(=O)C1=C(OCc2ccccc2)c2cccc(C3=CCCCC3)c2C2=C(C)C(C)C=NN12. The highest BCUT2D eigenvalue weighted by atomic mass is 16.5. The van der Waals surface area contributed by atoms with E-state index in [1.807, 2.05) is 48.7 Å². The highest BCUT2D eigenvalue weighted by molar-refractivity contribution is 6.06. The Morgan fingerprint density at radius 2 is 1.87 bits per heavy atom. The number of allylic oxidation sites excluding steroid dienone is 3. The van der Waals surface area contributed by atoms with Crippen LogP contribution in [0.25, 0.3) is 17.0 Å². The van der Waals surface area contributed by atoms with Gasteiger partial charge in [0.2, 0.25) is 0 Å². The van der Waals surface area contributed by atoms with Crippen molar-refractivity contribution in [3.63, 3.8) is 0 Å². The number of hydrogen-bond acceptors (Lipinski definition) is 6. The standard InChI is InChI=1S/C32H35N3O4/c1-4-38-27(36)19-33-32(37)30-31(39-20-23-12-7-5-8-13-23)26-17-11-16-25(24-14-9-6-10-15-24)28(26)29-22(3)21(2)18-34-35(29)30/h5,7-8,11-14,16-18,21H,4,6,9-10,15,19-20H2,1-3H3,(H,33,37). The number of rotatable bonds is 8. The van der Waals surface area contributed by atoms with Crippen LogP contribution in [0.3, 0.4) is 0 Å². The van der Waals surface area contributed by atoms with Gasteiger partial charge >= 0.3 is 5.97 Å². The molecule has 0 saturated carbocycles. The summed E-state index contributed by atoms with van der Waals surface area (Å²) >= 11 is 0. The van der Waals surface area contributed by atoms with E-state index in [4.69, 9.17) is 14.6 Å². The van der Waals surface area contributed by atoms with Crippen LogP contribution in [-0.2, 0) is 25.7 Å². The third-order valence-corrected chi connectivity index (χ3v) is 7.42. The largest absolute Gasteiger partial charge is 0.486 e. The van der Waals surface area contributed by atoms with Gasteiger partial charge in [0.25, 0.3) is 5.91 Å². The van der Waals surface area contributed by atoms with E-state index in [1.165, 1.54) is 12.0 Å². The Morgan fingerprint density at radius 3 is 2.62 bits per heavy atom. The predicted octanol–water partition coefficient (Wildman–Crippen LogP) is 5.89. The average molecular weight is 526 g/mol. The lowest BCUT2D eigenvalue weighted by Gasteiger charge is -2.38. The average Bonchev–Trinajstić information content (AvgIpc) is 2.97. The van der Waals surface area contributed by atoms with Crippen molar-refractivity contribution in [3.05, 3.63) is 88.1 Å². The summed E-state index contributed by atoms with van der Waals surface area (Å²) < 4.78 is 11.5. The van der Waals surface area contributed by atoms with E-state index in [1.54, 1.807) is 11.9 Å². The number of carbonyl (C=O) groups excluding carboxylic acids is 2.